The van der Waals surface area contributed by atoms with Crippen LogP contribution in [0, 0.1) is 5.41 Å². The Bertz CT molecular complexity index is 1100. The zero-order valence-electron chi connectivity index (χ0n) is 16.0. The first kappa shape index (κ1) is 18.5. The highest BCUT2D eigenvalue weighted by Gasteiger charge is 2.48. The second kappa shape index (κ2) is 6.24. The van der Waals surface area contributed by atoms with Crippen LogP contribution in [-0.2, 0) is 4.74 Å². The van der Waals surface area contributed by atoms with Gasteiger partial charge in [0.2, 0.25) is 0 Å². The van der Waals surface area contributed by atoms with Gasteiger partial charge in [0.15, 0.2) is 0 Å². The third-order valence-electron chi connectivity index (χ3n) is 5.94. The van der Waals surface area contributed by atoms with Gasteiger partial charge in [-0.1, -0.05) is 18.5 Å². The number of carbonyl (C=O) groups is 1. The number of pyridine rings is 1. The summed E-state index contributed by atoms with van der Waals surface area (Å²) in [6.07, 6.45) is 1.22. The quantitative estimate of drug-likeness (QED) is 0.816. The first-order chi connectivity index (χ1) is 13.8. The summed E-state index contributed by atoms with van der Waals surface area (Å²) in [4.78, 5) is 24.9. The summed E-state index contributed by atoms with van der Waals surface area (Å²) in [7, 11) is 1.53. The van der Waals surface area contributed by atoms with E-state index in [1.165, 1.54) is 13.2 Å². The molecule has 1 aromatic heterocycles. The molecule has 152 valence electrons. The Kier molecular flexibility index (Phi) is 3.98. The van der Waals surface area contributed by atoms with Gasteiger partial charge < -0.3 is 23.9 Å². The number of carboxylic acid groups (broad SMARTS) is 1. The molecule has 0 bridgehead atoms. The molecule has 3 heterocycles. The molecule has 1 atom stereocenters. The molecule has 8 heteroatoms. The highest BCUT2D eigenvalue weighted by atomic mass is 35.5. The molecule has 0 unspecified atom stereocenters. The predicted molar refractivity (Wildman–Crippen MR) is 105 cm³/mol. The van der Waals surface area contributed by atoms with Gasteiger partial charge in [-0.25, -0.2) is 4.79 Å². The fraction of sp³-hybridized carbons (Fsp3) is 0.429. The maximum atomic E-state index is 13.1. The van der Waals surface area contributed by atoms with Crippen molar-refractivity contribution in [2.75, 3.05) is 20.3 Å². The smallest absolute Gasteiger partial charge is 0.341 e. The van der Waals surface area contributed by atoms with Gasteiger partial charge in [0, 0.05) is 23.2 Å². The van der Waals surface area contributed by atoms with Crippen molar-refractivity contribution in [3.63, 3.8) is 0 Å². The van der Waals surface area contributed by atoms with E-state index in [9.17, 15) is 14.7 Å². The summed E-state index contributed by atoms with van der Waals surface area (Å²) >= 11 is 6.38. The first-order valence-electron chi connectivity index (χ1n) is 9.49. The van der Waals surface area contributed by atoms with Crippen molar-refractivity contribution in [1.82, 2.24) is 4.57 Å². The fourth-order valence-corrected chi connectivity index (χ4v) is 4.47. The highest BCUT2D eigenvalue weighted by molar-refractivity contribution is 6.32. The van der Waals surface area contributed by atoms with Crippen LogP contribution in [0.1, 0.15) is 47.8 Å². The number of hydrogen-bond donors (Lipinski definition) is 1. The summed E-state index contributed by atoms with van der Waals surface area (Å²) in [5.41, 5.74) is 0.982. The van der Waals surface area contributed by atoms with Gasteiger partial charge >= 0.3 is 5.97 Å². The number of methoxy groups -OCH3 is 1. The van der Waals surface area contributed by atoms with E-state index in [1.54, 1.807) is 16.7 Å². The lowest BCUT2D eigenvalue weighted by Gasteiger charge is -2.46. The number of nitrogens with zero attached hydrogens (tertiary/aromatic N) is 1. The minimum absolute atomic E-state index is 0.0199. The summed E-state index contributed by atoms with van der Waals surface area (Å²) < 4.78 is 18.8. The molecule has 2 aromatic rings. The molecule has 0 spiro atoms. The van der Waals surface area contributed by atoms with E-state index in [2.05, 4.69) is 0 Å². The highest BCUT2D eigenvalue weighted by Crippen LogP contribution is 2.54. The van der Waals surface area contributed by atoms with Crippen LogP contribution in [-0.4, -0.2) is 36.0 Å². The molecule has 1 aliphatic carbocycles. The normalized spacial score (nSPS) is 21.4. The largest absolute Gasteiger partial charge is 0.495 e. The standard InChI is InChI=1S/C21H20ClNO6/c1-21(8-28-9-21)18-12-5-13(20(25)26)19(24)23(10-3-4-10)17(12)11-6-14(22)16(27-2)7-15(11)29-18/h5-7,10,18H,3-4,8-9H2,1-2H3,(H,25,26)/t18-/m1/s1. The monoisotopic (exact) mass is 417 g/mol. The van der Waals surface area contributed by atoms with Gasteiger partial charge in [0.05, 0.1) is 36.5 Å². The lowest BCUT2D eigenvalue weighted by atomic mass is 9.76. The van der Waals surface area contributed by atoms with E-state index in [4.69, 9.17) is 25.8 Å². The lowest BCUT2D eigenvalue weighted by Crippen LogP contribution is -2.48. The zero-order chi connectivity index (χ0) is 20.5. The molecule has 0 radical (unpaired) electrons. The molecule has 3 aliphatic rings. The van der Waals surface area contributed by atoms with Crippen LogP contribution in [0.5, 0.6) is 11.5 Å². The second-order valence-corrected chi connectivity index (χ2v) is 8.61. The Hall–Kier alpha value is -2.51. The van der Waals surface area contributed by atoms with E-state index < -0.39 is 17.6 Å². The zero-order valence-corrected chi connectivity index (χ0v) is 16.8. The van der Waals surface area contributed by atoms with Gasteiger partial charge in [0.1, 0.15) is 23.2 Å². The molecule has 0 amide bonds. The maximum Gasteiger partial charge on any atom is 0.341 e. The van der Waals surface area contributed by atoms with Crippen molar-refractivity contribution < 1.29 is 24.1 Å². The summed E-state index contributed by atoms with van der Waals surface area (Å²) in [6, 6.07) is 4.90. The number of aromatic carboxylic acids is 1. The van der Waals surface area contributed by atoms with E-state index in [-0.39, 0.29) is 17.0 Å². The van der Waals surface area contributed by atoms with Crippen LogP contribution in [0.3, 0.4) is 0 Å². The second-order valence-electron chi connectivity index (χ2n) is 8.20. The molecule has 2 fully saturated rings. The number of ether oxygens (including phenoxy) is 3. The van der Waals surface area contributed by atoms with Gasteiger partial charge in [0.25, 0.3) is 5.56 Å². The molecule has 2 aliphatic heterocycles. The average Bonchev–Trinajstić information content (AvgIpc) is 3.49. The molecule has 1 N–H and O–H groups in total. The van der Waals surface area contributed by atoms with Gasteiger partial charge in [-0.3, -0.25) is 4.79 Å². The predicted octanol–water partition coefficient (Wildman–Crippen LogP) is 3.68. The average molecular weight is 418 g/mol. The molecule has 1 saturated heterocycles. The molecule has 29 heavy (non-hydrogen) atoms. The van der Waals surface area contributed by atoms with E-state index in [1.807, 2.05) is 6.92 Å². The van der Waals surface area contributed by atoms with Crippen molar-refractivity contribution >= 4 is 17.6 Å². The van der Waals surface area contributed by atoms with E-state index in [0.717, 1.165) is 12.8 Å². The van der Waals surface area contributed by atoms with Crippen LogP contribution >= 0.6 is 11.6 Å². The van der Waals surface area contributed by atoms with Crippen LogP contribution in [0.2, 0.25) is 5.02 Å². The van der Waals surface area contributed by atoms with Crippen molar-refractivity contribution in [2.24, 2.45) is 5.41 Å². The van der Waals surface area contributed by atoms with Crippen LogP contribution < -0.4 is 15.0 Å². The van der Waals surface area contributed by atoms with Crippen molar-refractivity contribution in [3.8, 4) is 22.8 Å². The number of benzene rings is 1. The SMILES string of the molecule is COc1cc2c(cc1Cl)-c1c(cc(C(=O)O)c(=O)n1C1CC1)[C@H](C1(C)COC1)O2. The third-order valence-corrected chi connectivity index (χ3v) is 6.23. The Morgan fingerprint density at radius 2 is 2.03 bits per heavy atom. The summed E-state index contributed by atoms with van der Waals surface area (Å²) in [5, 5.41) is 10.0. The number of rotatable bonds is 4. The molecule has 5 rings (SSSR count). The molecule has 1 aromatic carbocycles. The van der Waals surface area contributed by atoms with Gasteiger partial charge in [-0.15, -0.1) is 0 Å². The Labute approximate surface area is 171 Å². The van der Waals surface area contributed by atoms with Gasteiger partial charge in [-0.2, -0.15) is 0 Å². The minimum atomic E-state index is -1.24. The Balaban J connectivity index is 1.85. The summed E-state index contributed by atoms with van der Waals surface area (Å²) in [5.74, 6) is -0.196. The number of aromatic nitrogens is 1. The number of fused-ring (bicyclic) bond motifs is 3. The molecule has 7 nitrogen and oxygen atoms in total. The van der Waals surface area contributed by atoms with Crippen molar-refractivity contribution in [1.29, 1.82) is 0 Å². The Morgan fingerprint density at radius 1 is 1.31 bits per heavy atom. The van der Waals surface area contributed by atoms with Crippen LogP contribution in [0.25, 0.3) is 11.3 Å². The number of carboxylic acids is 1. The maximum absolute atomic E-state index is 13.1. The number of hydrogen-bond acceptors (Lipinski definition) is 5. The summed E-state index contributed by atoms with van der Waals surface area (Å²) in [6.45, 7) is 3.01. The van der Waals surface area contributed by atoms with Crippen LogP contribution in [0.4, 0.5) is 0 Å². The van der Waals surface area contributed by atoms with E-state index in [0.29, 0.717) is 46.6 Å². The van der Waals surface area contributed by atoms with Gasteiger partial charge in [-0.05, 0) is 25.0 Å². The minimum Gasteiger partial charge on any atom is -0.495 e. The topological polar surface area (TPSA) is 87.0 Å². The molecular weight excluding hydrogens is 398 g/mol. The lowest BCUT2D eigenvalue weighted by molar-refractivity contribution is -0.156. The van der Waals surface area contributed by atoms with Crippen molar-refractivity contribution in [3.05, 3.63) is 44.7 Å². The Morgan fingerprint density at radius 3 is 2.59 bits per heavy atom. The van der Waals surface area contributed by atoms with E-state index >= 15 is 0 Å². The third kappa shape index (κ3) is 2.68. The fourth-order valence-electron chi connectivity index (χ4n) is 4.23. The first-order valence-corrected chi connectivity index (χ1v) is 9.87. The number of halogens is 1. The van der Waals surface area contributed by atoms with Crippen molar-refractivity contribution in [2.45, 2.75) is 31.9 Å². The van der Waals surface area contributed by atoms with Crippen LogP contribution in [0.15, 0.2) is 23.0 Å². The molecular formula is C21H20ClNO6. The molecule has 1 saturated carbocycles.